The maximum atomic E-state index is 11.6. The van der Waals surface area contributed by atoms with Crippen molar-refractivity contribution in [3.8, 4) is 0 Å². The van der Waals surface area contributed by atoms with Gasteiger partial charge in [0.25, 0.3) is 0 Å². The minimum absolute atomic E-state index is 0.0689. The van der Waals surface area contributed by atoms with Crippen LogP contribution in [0.1, 0.15) is 32.6 Å². The van der Waals surface area contributed by atoms with Crippen molar-refractivity contribution in [2.45, 2.75) is 32.6 Å². The first-order valence-electron chi connectivity index (χ1n) is 4.86. The van der Waals surface area contributed by atoms with Gasteiger partial charge in [-0.1, -0.05) is 13.3 Å². The molecule has 0 aromatic heterocycles. The molecule has 76 valence electrons. The second-order valence-electron chi connectivity index (χ2n) is 3.91. The fraction of sp³-hybridized carbons (Fsp3) is 0.900. The second-order valence-corrected chi connectivity index (χ2v) is 3.91. The number of carbonyl (C=O) groups excluding carboxylic acids is 1. The van der Waals surface area contributed by atoms with E-state index in [4.69, 9.17) is 9.84 Å². The van der Waals surface area contributed by atoms with Gasteiger partial charge in [0, 0.05) is 6.61 Å². The Morgan fingerprint density at radius 2 is 2.38 bits per heavy atom. The molecule has 1 aliphatic carbocycles. The first kappa shape index (κ1) is 10.5. The Morgan fingerprint density at radius 1 is 1.69 bits per heavy atom. The lowest BCUT2D eigenvalue weighted by Crippen LogP contribution is -2.35. The molecule has 0 heterocycles. The zero-order chi connectivity index (χ0) is 9.90. The van der Waals surface area contributed by atoms with E-state index in [1.165, 1.54) is 7.11 Å². The quantitative estimate of drug-likeness (QED) is 0.677. The molecule has 1 N–H and O–H groups in total. The summed E-state index contributed by atoms with van der Waals surface area (Å²) in [6.07, 6.45) is 3.54. The van der Waals surface area contributed by atoms with Crippen LogP contribution in [0.2, 0.25) is 0 Å². The Morgan fingerprint density at radius 3 is 2.77 bits per heavy atom. The SMILES string of the molecule is COC(=O)C1(CCO)CCCC1C. The van der Waals surface area contributed by atoms with Gasteiger partial charge in [0.05, 0.1) is 12.5 Å². The van der Waals surface area contributed by atoms with E-state index >= 15 is 0 Å². The third kappa shape index (κ3) is 1.70. The summed E-state index contributed by atoms with van der Waals surface area (Å²) in [6, 6.07) is 0. The number of rotatable bonds is 3. The van der Waals surface area contributed by atoms with E-state index < -0.39 is 5.41 Å². The fourth-order valence-electron chi connectivity index (χ4n) is 2.43. The standard InChI is InChI=1S/C10H18O3/c1-8-4-3-5-10(8,6-7-11)9(12)13-2/h8,11H,3-7H2,1-2H3. The molecule has 0 saturated heterocycles. The summed E-state index contributed by atoms with van der Waals surface area (Å²) < 4.78 is 4.81. The zero-order valence-electron chi connectivity index (χ0n) is 8.38. The highest BCUT2D eigenvalue weighted by Gasteiger charge is 2.46. The fourth-order valence-corrected chi connectivity index (χ4v) is 2.43. The molecule has 0 radical (unpaired) electrons. The number of ether oxygens (including phenoxy) is 1. The van der Waals surface area contributed by atoms with Gasteiger partial charge in [0.15, 0.2) is 0 Å². The summed E-state index contributed by atoms with van der Waals surface area (Å²) in [5, 5.41) is 8.95. The van der Waals surface area contributed by atoms with Crippen molar-refractivity contribution in [3.63, 3.8) is 0 Å². The highest BCUT2D eigenvalue weighted by Crippen LogP contribution is 2.46. The smallest absolute Gasteiger partial charge is 0.312 e. The Bertz CT molecular complexity index is 191. The van der Waals surface area contributed by atoms with Gasteiger partial charge in [-0.25, -0.2) is 0 Å². The van der Waals surface area contributed by atoms with Crippen molar-refractivity contribution in [3.05, 3.63) is 0 Å². The Labute approximate surface area is 79.1 Å². The van der Waals surface area contributed by atoms with Crippen LogP contribution in [0.15, 0.2) is 0 Å². The van der Waals surface area contributed by atoms with Crippen molar-refractivity contribution >= 4 is 5.97 Å². The Hall–Kier alpha value is -0.570. The molecule has 0 bridgehead atoms. The van der Waals surface area contributed by atoms with Crippen LogP contribution in [-0.4, -0.2) is 24.8 Å². The molecule has 0 amide bonds. The minimum Gasteiger partial charge on any atom is -0.469 e. The molecule has 1 aliphatic rings. The van der Waals surface area contributed by atoms with Crippen LogP contribution < -0.4 is 0 Å². The lowest BCUT2D eigenvalue weighted by Gasteiger charge is -2.29. The van der Waals surface area contributed by atoms with E-state index in [1.54, 1.807) is 0 Å². The van der Waals surface area contributed by atoms with E-state index in [1.807, 2.05) is 0 Å². The van der Waals surface area contributed by atoms with Crippen LogP contribution in [0.4, 0.5) is 0 Å². The molecule has 2 atom stereocenters. The molecule has 3 heteroatoms. The lowest BCUT2D eigenvalue weighted by molar-refractivity contribution is -0.156. The van der Waals surface area contributed by atoms with Crippen LogP contribution >= 0.6 is 0 Å². The molecule has 0 aromatic carbocycles. The average Bonchev–Trinajstić information content (AvgIpc) is 2.48. The predicted molar refractivity (Wildman–Crippen MR) is 49.2 cm³/mol. The van der Waals surface area contributed by atoms with Gasteiger partial charge in [-0.3, -0.25) is 4.79 Å². The normalized spacial score (nSPS) is 33.3. The van der Waals surface area contributed by atoms with Gasteiger partial charge in [-0.05, 0) is 25.2 Å². The molecule has 1 fully saturated rings. The first-order valence-corrected chi connectivity index (χ1v) is 4.86. The second kappa shape index (κ2) is 4.09. The largest absolute Gasteiger partial charge is 0.469 e. The van der Waals surface area contributed by atoms with Gasteiger partial charge in [0.1, 0.15) is 0 Å². The number of hydrogen-bond acceptors (Lipinski definition) is 3. The summed E-state index contributed by atoms with van der Waals surface area (Å²) in [5.41, 5.74) is -0.399. The molecule has 13 heavy (non-hydrogen) atoms. The summed E-state index contributed by atoms with van der Waals surface area (Å²) in [5.74, 6) is 0.193. The summed E-state index contributed by atoms with van der Waals surface area (Å²) in [7, 11) is 1.42. The van der Waals surface area contributed by atoms with Gasteiger partial charge < -0.3 is 9.84 Å². The molecule has 0 spiro atoms. The highest BCUT2D eigenvalue weighted by molar-refractivity contribution is 5.77. The summed E-state index contributed by atoms with van der Waals surface area (Å²) in [6.45, 7) is 2.14. The van der Waals surface area contributed by atoms with Crippen LogP contribution in [0.5, 0.6) is 0 Å². The van der Waals surface area contributed by atoms with Crippen LogP contribution in [0.25, 0.3) is 0 Å². The van der Waals surface area contributed by atoms with Crippen LogP contribution in [-0.2, 0) is 9.53 Å². The molecule has 1 saturated carbocycles. The summed E-state index contributed by atoms with van der Waals surface area (Å²) >= 11 is 0. The molecule has 2 unspecified atom stereocenters. The zero-order valence-corrected chi connectivity index (χ0v) is 8.38. The number of aliphatic hydroxyl groups is 1. The topological polar surface area (TPSA) is 46.5 Å². The number of aliphatic hydroxyl groups excluding tert-OH is 1. The maximum absolute atomic E-state index is 11.6. The van der Waals surface area contributed by atoms with Crippen molar-refractivity contribution in [1.29, 1.82) is 0 Å². The average molecular weight is 186 g/mol. The number of methoxy groups -OCH3 is 1. The lowest BCUT2D eigenvalue weighted by atomic mass is 9.76. The van der Waals surface area contributed by atoms with Crippen molar-refractivity contribution in [2.24, 2.45) is 11.3 Å². The van der Waals surface area contributed by atoms with E-state index in [-0.39, 0.29) is 12.6 Å². The molecule has 0 aliphatic heterocycles. The molecule has 1 rings (SSSR count). The van der Waals surface area contributed by atoms with Crippen molar-refractivity contribution in [1.82, 2.24) is 0 Å². The monoisotopic (exact) mass is 186 g/mol. The highest BCUT2D eigenvalue weighted by atomic mass is 16.5. The van der Waals surface area contributed by atoms with E-state index in [2.05, 4.69) is 6.92 Å². The molecule has 0 aromatic rings. The molecule has 3 nitrogen and oxygen atoms in total. The van der Waals surface area contributed by atoms with Crippen LogP contribution in [0, 0.1) is 11.3 Å². The molecular weight excluding hydrogens is 168 g/mol. The van der Waals surface area contributed by atoms with Gasteiger partial charge in [0.2, 0.25) is 0 Å². The van der Waals surface area contributed by atoms with E-state index in [9.17, 15) is 4.79 Å². The minimum atomic E-state index is -0.399. The Kier molecular flexibility index (Phi) is 3.31. The van der Waals surface area contributed by atoms with E-state index in [0.717, 1.165) is 19.3 Å². The number of hydrogen-bond donors (Lipinski definition) is 1. The van der Waals surface area contributed by atoms with Crippen molar-refractivity contribution < 1.29 is 14.6 Å². The third-order valence-corrected chi connectivity index (χ3v) is 3.35. The van der Waals surface area contributed by atoms with E-state index in [0.29, 0.717) is 12.3 Å². The summed E-state index contributed by atoms with van der Waals surface area (Å²) in [4.78, 5) is 11.6. The Balaban J connectivity index is 2.79. The van der Waals surface area contributed by atoms with Crippen LogP contribution in [0.3, 0.4) is 0 Å². The van der Waals surface area contributed by atoms with Gasteiger partial charge in [-0.2, -0.15) is 0 Å². The number of esters is 1. The number of carbonyl (C=O) groups is 1. The molecular formula is C10H18O3. The maximum Gasteiger partial charge on any atom is 0.312 e. The van der Waals surface area contributed by atoms with Gasteiger partial charge >= 0.3 is 5.97 Å². The van der Waals surface area contributed by atoms with Gasteiger partial charge in [-0.15, -0.1) is 0 Å². The van der Waals surface area contributed by atoms with Crippen molar-refractivity contribution in [2.75, 3.05) is 13.7 Å². The first-order chi connectivity index (χ1) is 6.17. The third-order valence-electron chi connectivity index (χ3n) is 3.35. The predicted octanol–water partition coefficient (Wildman–Crippen LogP) is 1.35.